The molecule has 0 radical (unpaired) electrons. The van der Waals surface area contributed by atoms with Crippen LogP contribution >= 0.6 is 0 Å². The van der Waals surface area contributed by atoms with E-state index in [4.69, 9.17) is 10.7 Å². The van der Waals surface area contributed by atoms with Crippen LogP contribution in [0.3, 0.4) is 0 Å². The van der Waals surface area contributed by atoms with Crippen LogP contribution in [0.5, 0.6) is 0 Å². The van der Waals surface area contributed by atoms with Crippen molar-refractivity contribution in [2.24, 2.45) is 0 Å². The average molecular weight is 439 g/mol. The summed E-state index contributed by atoms with van der Waals surface area (Å²) < 4.78 is 16.1. The lowest BCUT2D eigenvalue weighted by atomic mass is 9.86. The summed E-state index contributed by atoms with van der Waals surface area (Å²) in [4.78, 5) is 21.6. The van der Waals surface area contributed by atoms with Crippen molar-refractivity contribution in [1.82, 2.24) is 24.9 Å². The number of fused-ring (bicyclic) bond motifs is 3. The zero-order valence-corrected chi connectivity index (χ0v) is 18.4. The summed E-state index contributed by atoms with van der Waals surface area (Å²) in [6.07, 6.45) is 7.11. The van der Waals surface area contributed by atoms with Crippen LogP contribution in [0.2, 0.25) is 0 Å². The molecule has 5 heterocycles. The van der Waals surface area contributed by atoms with Gasteiger partial charge in [-0.15, -0.1) is 0 Å². The van der Waals surface area contributed by atoms with Gasteiger partial charge in [0.1, 0.15) is 22.9 Å². The second-order valence-electron chi connectivity index (χ2n) is 9.53. The van der Waals surface area contributed by atoms with Gasteiger partial charge in [-0.25, -0.2) is 9.37 Å². The van der Waals surface area contributed by atoms with Gasteiger partial charge in [0.25, 0.3) is 0 Å². The molecule has 2 fully saturated rings. The van der Waals surface area contributed by atoms with Crippen molar-refractivity contribution in [3.8, 4) is 11.1 Å². The maximum absolute atomic E-state index is 14.7. The molecule has 2 aliphatic rings. The van der Waals surface area contributed by atoms with Gasteiger partial charge in [-0.2, -0.15) is 9.61 Å². The van der Waals surface area contributed by atoms with Gasteiger partial charge in [-0.05, 0) is 52.5 Å². The van der Waals surface area contributed by atoms with Crippen molar-refractivity contribution in [1.29, 1.82) is 0 Å². The molecule has 0 spiro atoms. The van der Waals surface area contributed by atoms with E-state index in [9.17, 15) is 14.3 Å². The Kier molecular flexibility index (Phi) is 4.79. The Morgan fingerprint density at radius 2 is 1.97 bits per heavy atom. The Morgan fingerprint density at radius 3 is 2.56 bits per heavy atom. The highest BCUT2D eigenvalue weighted by Gasteiger charge is 2.37. The Bertz CT molecular complexity index is 1220. The first kappa shape index (κ1) is 21.0. The summed E-state index contributed by atoms with van der Waals surface area (Å²) in [5.74, 6) is -0.388. The topological polar surface area (TPSA) is 118 Å². The van der Waals surface area contributed by atoms with Crippen LogP contribution < -0.4 is 11.1 Å². The Labute approximate surface area is 185 Å². The van der Waals surface area contributed by atoms with E-state index in [-0.39, 0.29) is 23.2 Å². The van der Waals surface area contributed by atoms with Crippen molar-refractivity contribution >= 4 is 17.2 Å². The van der Waals surface area contributed by atoms with E-state index >= 15 is 0 Å². The molecule has 0 aromatic carbocycles. The number of nitrogens with zero attached hydrogens (tertiary/aromatic N) is 4. The van der Waals surface area contributed by atoms with Gasteiger partial charge >= 0.3 is 0 Å². The second-order valence-corrected chi connectivity index (χ2v) is 9.53. The number of ketones is 1. The summed E-state index contributed by atoms with van der Waals surface area (Å²) >= 11 is 0. The molecule has 9 heteroatoms. The number of aromatic nitrogens is 4. The van der Waals surface area contributed by atoms with Crippen LogP contribution in [0.4, 0.5) is 10.2 Å². The Hall–Kier alpha value is -2.91. The van der Waals surface area contributed by atoms with Crippen LogP contribution in [0, 0.1) is 5.82 Å². The molecule has 32 heavy (non-hydrogen) atoms. The number of hydrogen-bond acceptors (Lipinski definition) is 7. The second kappa shape index (κ2) is 7.31. The summed E-state index contributed by atoms with van der Waals surface area (Å²) in [6.45, 7) is 4.46. The maximum Gasteiger partial charge on any atom is 0.165 e. The van der Waals surface area contributed by atoms with E-state index in [0.717, 1.165) is 25.7 Å². The fourth-order valence-electron chi connectivity index (χ4n) is 5.21. The SMILES string of the molecule is CC(=O)c1c(C2C[C@H]3CC[C@@H](C2)N3)nc2c(-c3cnc(C(C)(C)O)c(F)c3)cnn2c1N. The summed E-state index contributed by atoms with van der Waals surface area (Å²) in [7, 11) is 0. The Balaban J connectivity index is 1.66. The van der Waals surface area contributed by atoms with Gasteiger partial charge in [0, 0.05) is 35.3 Å². The fourth-order valence-corrected chi connectivity index (χ4v) is 5.21. The number of carbonyl (C=O) groups is 1. The molecule has 2 aliphatic heterocycles. The van der Waals surface area contributed by atoms with Gasteiger partial charge < -0.3 is 16.2 Å². The molecule has 3 atom stereocenters. The minimum absolute atomic E-state index is 0.0325. The number of anilines is 1. The van der Waals surface area contributed by atoms with E-state index in [0.29, 0.717) is 40.1 Å². The first-order chi connectivity index (χ1) is 15.1. The van der Waals surface area contributed by atoms with E-state index in [1.54, 1.807) is 6.20 Å². The molecule has 4 N–H and O–H groups in total. The van der Waals surface area contributed by atoms with Gasteiger partial charge in [-0.3, -0.25) is 9.78 Å². The zero-order chi connectivity index (χ0) is 22.8. The number of pyridine rings is 1. The number of nitrogen functional groups attached to an aromatic ring is 1. The van der Waals surface area contributed by atoms with Crippen LogP contribution in [0.25, 0.3) is 16.8 Å². The fraction of sp³-hybridized carbons (Fsp3) is 0.478. The highest BCUT2D eigenvalue weighted by atomic mass is 19.1. The predicted octanol–water partition coefficient (Wildman–Crippen LogP) is 2.94. The van der Waals surface area contributed by atoms with Crippen LogP contribution in [-0.4, -0.2) is 42.6 Å². The number of carbonyl (C=O) groups excluding carboxylic acids is 1. The Morgan fingerprint density at radius 1 is 1.28 bits per heavy atom. The molecule has 1 unspecified atom stereocenters. The summed E-state index contributed by atoms with van der Waals surface area (Å²) in [5, 5.41) is 18.1. The lowest BCUT2D eigenvalue weighted by Crippen LogP contribution is -2.38. The molecular formula is C23H27FN6O2. The van der Waals surface area contributed by atoms with Crippen molar-refractivity contribution < 1.29 is 14.3 Å². The van der Waals surface area contributed by atoms with Crippen molar-refractivity contribution in [2.45, 2.75) is 70.1 Å². The highest BCUT2D eigenvalue weighted by Crippen LogP contribution is 2.40. The summed E-state index contributed by atoms with van der Waals surface area (Å²) in [6, 6.07) is 2.17. The monoisotopic (exact) mass is 438 g/mol. The lowest BCUT2D eigenvalue weighted by molar-refractivity contribution is 0.0695. The van der Waals surface area contributed by atoms with Crippen molar-refractivity contribution in [3.63, 3.8) is 0 Å². The molecule has 2 saturated heterocycles. The van der Waals surface area contributed by atoms with Crippen LogP contribution in [0.15, 0.2) is 18.5 Å². The van der Waals surface area contributed by atoms with Crippen molar-refractivity contribution in [2.75, 3.05) is 5.73 Å². The number of nitrogens with one attached hydrogen (secondary N) is 1. The third-order valence-electron chi connectivity index (χ3n) is 6.65. The van der Waals surface area contributed by atoms with Crippen LogP contribution in [-0.2, 0) is 5.60 Å². The molecule has 3 aromatic rings. The molecule has 5 rings (SSSR count). The third-order valence-corrected chi connectivity index (χ3v) is 6.65. The molecule has 168 valence electrons. The number of hydrogen-bond donors (Lipinski definition) is 3. The predicted molar refractivity (Wildman–Crippen MR) is 118 cm³/mol. The molecule has 2 bridgehead atoms. The van der Waals surface area contributed by atoms with Gasteiger partial charge in [0.2, 0.25) is 0 Å². The number of piperidine rings is 1. The first-order valence-electron chi connectivity index (χ1n) is 11.0. The van der Waals surface area contributed by atoms with Gasteiger partial charge in [0.05, 0.1) is 17.5 Å². The van der Waals surface area contributed by atoms with E-state index < -0.39 is 11.4 Å². The standard InChI is InChI=1S/C23H27FN6O2/c1-11(31)18-19(12-6-14-4-5-15(7-12)28-14)29-22-16(10-27-30(22)21(18)25)13-8-17(24)20(26-9-13)23(2,3)32/h8-10,12,14-15,28,32H,4-7,25H2,1-3H3/t12?,14-,15+. The highest BCUT2D eigenvalue weighted by molar-refractivity contribution is 6.00. The van der Waals surface area contributed by atoms with Crippen LogP contribution in [0.1, 0.15) is 74.1 Å². The number of rotatable bonds is 4. The van der Waals surface area contributed by atoms with Crippen molar-refractivity contribution in [3.05, 3.63) is 41.2 Å². The zero-order valence-electron chi connectivity index (χ0n) is 18.4. The average Bonchev–Trinajstić information content (AvgIpc) is 3.29. The lowest BCUT2D eigenvalue weighted by Gasteiger charge is -2.30. The van der Waals surface area contributed by atoms with Gasteiger partial charge in [0.15, 0.2) is 11.4 Å². The molecular weight excluding hydrogens is 411 g/mol. The first-order valence-corrected chi connectivity index (χ1v) is 11.0. The number of nitrogens with two attached hydrogens (primary N) is 1. The van der Waals surface area contributed by atoms with Gasteiger partial charge in [-0.1, -0.05) is 0 Å². The largest absolute Gasteiger partial charge is 0.384 e. The maximum atomic E-state index is 14.7. The quantitative estimate of drug-likeness (QED) is 0.536. The number of aliphatic hydroxyl groups is 1. The van der Waals surface area contributed by atoms with E-state index in [1.165, 1.54) is 37.5 Å². The van der Waals surface area contributed by atoms with E-state index in [1.807, 2.05) is 0 Å². The number of Topliss-reactive ketones (excluding diaryl/α,β-unsaturated/α-hetero) is 1. The molecule has 0 saturated carbocycles. The van der Waals surface area contributed by atoms with E-state index in [2.05, 4.69) is 15.4 Å². The third kappa shape index (κ3) is 3.36. The molecule has 0 aliphatic carbocycles. The summed E-state index contributed by atoms with van der Waals surface area (Å²) in [5.41, 5.74) is 7.61. The smallest absolute Gasteiger partial charge is 0.165 e. The minimum Gasteiger partial charge on any atom is -0.384 e. The molecule has 8 nitrogen and oxygen atoms in total. The normalized spacial score (nSPS) is 23.1. The molecule has 3 aromatic heterocycles. The minimum atomic E-state index is -1.40. The number of halogens is 1. The molecule has 0 amide bonds.